The molecule has 2 aliphatic heterocycles. The third-order valence-corrected chi connectivity index (χ3v) is 6.26. The number of morpholine rings is 1. The highest BCUT2D eigenvalue weighted by Gasteiger charge is 2.34. The van der Waals surface area contributed by atoms with Crippen molar-refractivity contribution in [2.75, 3.05) is 46.5 Å². The van der Waals surface area contributed by atoms with Gasteiger partial charge in [-0.15, -0.1) is 0 Å². The molecule has 0 aromatic heterocycles. The monoisotopic (exact) mass is 437 g/mol. The summed E-state index contributed by atoms with van der Waals surface area (Å²) in [5.41, 5.74) is 2.20. The van der Waals surface area contributed by atoms with Crippen molar-refractivity contribution in [3.63, 3.8) is 0 Å². The zero-order valence-corrected chi connectivity index (χ0v) is 18.5. The number of ether oxygens (including phenoxy) is 2. The van der Waals surface area contributed by atoms with Crippen LogP contribution in [0.3, 0.4) is 0 Å². The Morgan fingerprint density at radius 3 is 2.53 bits per heavy atom. The van der Waals surface area contributed by atoms with Gasteiger partial charge in [-0.1, -0.05) is 42.5 Å². The maximum Gasteiger partial charge on any atom is 0.225 e. The molecule has 7 nitrogen and oxygen atoms in total. The van der Waals surface area contributed by atoms with Gasteiger partial charge in [0.2, 0.25) is 11.8 Å². The first kappa shape index (κ1) is 22.3. The van der Waals surface area contributed by atoms with E-state index in [1.54, 1.807) is 12.0 Å². The van der Waals surface area contributed by atoms with Crippen molar-refractivity contribution < 1.29 is 19.1 Å². The molecule has 2 saturated heterocycles. The molecule has 0 radical (unpaired) electrons. The molecule has 2 amide bonds. The van der Waals surface area contributed by atoms with Gasteiger partial charge in [0, 0.05) is 39.1 Å². The van der Waals surface area contributed by atoms with E-state index in [1.807, 2.05) is 54.6 Å². The Balaban J connectivity index is 1.37. The number of carbonyl (C=O) groups excluding carboxylic acids is 2. The molecule has 2 fully saturated rings. The summed E-state index contributed by atoms with van der Waals surface area (Å²) in [6, 6.07) is 17.9. The number of methoxy groups -OCH3 is 1. The minimum Gasteiger partial charge on any atom is -0.497 e. The number of nitrogens with zero attached hydrogens (tertiary/aromatic N) is 2. The SMILES string of the molecule is COc1ccc([C@@H](CNC(=O)[C@@H]2CC(=O)N(Cc3ccccc3)C2)N2CCOCC2)cc1. The van der Waals surface area contributed by atoms with Gasteiger partial charge in [-0.2, -0.15) is 0 Å². The lowest BCUT2D eigenvalue weighted by Gasteiger charge is -2.35. The molecule has 0 unspecified atom stereocenters. The van der Waals surface area contributed by atoms with Crippen LogP contribution >= 0.6 is 0 Å². The van der Waals surface area contributed by atoms with Crippen LogP contribution in [-0.2, 0) is 20.9 Å². The number of hydrogen-bond donors (Lipinski definition) is 1. The van der Waals surface area contributed by atoms with Gasteiger partial charge in [-0.3, -0.25) is 14.5 Å². The Bertz CT molecular complexity index is 897. The van der Waals surface area contributed by atoms with Gasteiger partial charge >= 0.3 is 0 Å². The smallest absolute Gasteiger partial charge is 0.225 e. The molecule has 32 heavy (non-hydrogen) atoms. The van der Waals surface area contributed by atoms with Crippen LogP contribution < -0.4 is 10.1 Å². The number of nitrogens with one attached hydrogen (secondary N) is 1. The predicted octanol–water partition coefficient (Wildman–Crippen LogP) is 2.23. The first-order chi connectivity index (χ1) is 15.6. The average Bonchev–Trinajstić information content (AvgIpc) is 3.21. The average molecular weight is 438 g/mol. The van der Waals surface area contributed by atoms with Crippen molar-refractivity contribution in [2.45, 2.75) is 19.0 Å². The minimum absolute atomic E-state index is 0.0360. The summed E-state index contributed by atoms with van der Waals surface area (Å²) in [6.45, 7) is 4.52. The van der Waals surface area contributed by atoms with Gasteiger partial charge in [0.05, 0.1) is 32.3 Å². The molecule has 170 valence electrons. The molecule has 2 aromatic carbocycles. The van der Waals surface area contributed by atoms with Gasteiger partial charge in [0.25, 0.3) is 0 Å². The van der Waals surface area contributed by atoms with Crippen LogP contribution in [0.15, 0.2) is 54.6 Å². The maximum atomic E-state index is 13.0. The Kier molecular flexibility index (Phi) is 7.39. The number of rotatable bonds is 8. The molecule has 0 spiro atoms. The van der Waals surface area contributed by atoms with Gasteiger partial charge in [-0.25, -0.2) is 0 Å². The second kappa shape index (κ2) is 10.6. The largest absolute Gasteiger partial charge is 0.497 e. The van der Waals surface area contributed by atoms with Gasteiger partial charge in [0.1, 0.15) is 5.75 Å². The van der Waals surface area contributed by atoms with Crippen molar-refractivity contribution in [1.82, 2.24) is 15.1 Å². The lowest BCUT2D eigenvalue weighted by atomic mass is 10.0. The highest BCUT2D eigenvalue weighted by Crippen LogP contribution is 2.25. The highest BCUT2D eigenvalue weighted by atomic mass is 16.5. The zero-order valence-electron chi connectivity index (χ0n) is 18.5. The molecule has 4 rings (SSSR count). The summed E-state index contributed by atoms with van der Waals surface area (Å²) in [4.78, 5) is 29.5. The molecule has 0 bridgehead atoms. The third kappa shape index (κ3) is 5.47. The lowest BCUT2D eigenvalue weighted by molar-refractivity contribution is -0.129. The topological polar surface area (TPSA) is 71.1 Å². The van der Waals surface area contributed by atoms with E-state index in [0.29, 0.717) is 32.8 Å². The van der Waals surface area contributed by atoms with E-state index in [9.17, 15) is 9.59 Å². The minimum atomic E-state index is -0.313. The summed E-state index contributed by atoms with van der Waals surface area (Å²) in [7, 11) is 1.65. The predicted molar refractivity (Wildman–Crippen MR) is 121 cm³/mol. The number of hydrogen-bond acceptors (Lipinski definition) is 5. The van der Waals surface area contributed by atoms with Crippen molar-refractivity contribution in [3.05, 3.63) is 65.7 Å². The molecule has 2 atom stereocenters. The second-order valence-corrected chi connectivity index (χ2v) is 8.34. The van der Waals surface area contributed by atoms with Crippen LogP contribution in [-0.4, -0.2) is 68.1 Å². The van der Waals surface area contributed by atoms with Crippen molar-refractivity contribution in [3.8, 4) is 5.75 Å². The summed E-state index contributed by atoms with van der Waals surface area (Å²) in [5.74, 6) is 0.475. The Labute approximate surface area is 189 Å². The van der Waals surface area contributed by atoms with Crippen LogP contribution in [0.5, 0.6) is 5.75 Å². The molecular formula is C25H31N3O4. The van der Waals surface area contributed by atoms with Crippen LogP contribution in [0.4, 0.5) is 0 Å². The van der Waals surface area contributed by atoms with Crippen LogP contribution in [0.1, 0.15) is 23.6 Å². The molecule has 0 saturated carbocycles. The normalized spacial score (nSPS) is 20.2. The molecular weight excluding hydrogens is 406 g/mol. The van der Waals surface area contributed by atoms with E-state index in [-0.39, 0.29) is 30.2 Å². The maximum absolute atomic E-state index is 13.0. The fraction of sp³-hybridized carbons (Fsp3) is 0.440. The number of benzene rings is 2. The number of likely N-dealkylation sites (tertiary alicyclic amines) is 1. The summed E-state index contributed by atoms with van der Waals surface area (Å²) in [6.07, 6.45) is 0.267. The Morgan fingerprint density at radius 1 is 1.12 bits per heavy atom. The fourth-order valence-corrected chi connectivity index (χ4v) is 4.42. The summed E-state index contributed by atoms with van der Waals surface area (Å²) >= 11 is 0. The van der Waals surface area contributed by atoms with Gasteiger partial charge < -0.3 is 19.7 Å². The van der Waals surface area contributed by atoms with Crippen LogP contribution in [0, 0.1) is 5.92 Å². The van der Waals surface area contributed by atoms with Gasteiger partial charge in [-0.05, 0) is 23.3 Å². The van der Waals surface area contributed by atoms with Crippen molar-refractivity contribution >= 4 is 11.8 Å². The standard InChI is InChI=1S/C25H31N3O4/c1-31-22-9-7-20(8-10-22)23(27-11-13-32-14-12-27)16-26-25(30)21-15-24(29)28(18-21)17-19-5-3-2-4-6-19/h2-10,21,23H,11-18H2,1H3,(H,26,30)/t21-,23-/m1/s1. The number of amides is 2. The van der Waals surface area contributed by atoms with Gasteiger partial charge in [0.15, 0.2) is 0 Å². The molecule has 7 heteroatoms. The first-order valence-electron chi connectivity index (χ1n) is 11.2. The van der Waals surface area contributed by atoms with E-state index >= 15 is 0 Å². The van der Waals surface area contributed by atoms with Crippen LogP contribution in [0.2, 0.25) is 0 Å². The second-order valence-electron chi connectivity index (χ2n) is 8.34. The first-order valence-corrected chi connectivity index (χ1v) is 11.2. The third-order valence-electron chi connectivity index (χ3n) is 6.26. The van der Waals surface area contributed by atoms with Crippen molar-refractivity contribution in [2.24, 2.45) is 5.92 Å². The summed E-state index contributed by atoms with van der Waals surface area (Å²) < 4.78 is 10.8. The van der Waals surface area contributed by atoms with E-state index < -0.39 is 0 Å². The van der Waals surface area contributed by atoms with E-state index in [0.717, 1.165) is 30.0 Å². The molecule has 1 N–H and O–H groups in total. The van der Waals surface area contributed by atoms with Crippen LogP contribution in [0.25, 0.3) is 0 Å². The summed E-state index contributed by atoms with van der Waals surface area (Å²) in [5, 5.41) is 3.12. The fourth-order valence-electron chi connectivity index (χ4n) is 4.42. The molecule has 2 aromatic rings. The lowest BCUT2D eigenvalue weighted by Crippen LogP contribution is -2.45. The quantitative estimate of drug-likeness (QED) is 0.686. The van der Waals surface area contributed by atoms with E-state index in [2.05, 4.69) is 10.2 Å². The molecule has 0 aliphatic carbocycles. The van der Waals surface area contributed by atoms with E-state index in [4.69, 9.17) is 9.47 Å². The molecule has 2 heterocycles. The highest BCUT2D eigenvalue weighted by molar-refractivity contribution is 5.89. The Morgan fingerprint density at radius 2 is 1.84 bits per heavy atom. The molecule has 2 aliphatic rings. The Hall–Kier alpha value is -2.90. The van der Waals surface area contributed by atoms with E-state index in [1.165, 1.54) is 0 Å². The number of carbonyl (C=O) groups is 2. The van der Waals surface area contributed by atoms with Crippen molar-refractivity contribution in [1.29, 1.82) is 0 Å². The zero-order chi connectivity index (χ0) is 22.3.